The van der Waals surface area contributed by atoms with E-state index in [1.807, 2.05) is 39.0 Å². The second-order valence-corrected chi connectivity index (χ2v) is 5.41. The molecule has 256 valence electrons. The molecule has 1 unspecified atom stereocenters. The third-order valence-corrected chi connectivity index (χ3v) is 3.43. The van der Waals surface area contributed by atoms with Gasteiger partial charge >= 0.3 is 0 Å². The second-order valence-electron chi connectivity index (χ2n) is 5.41. The SMILES string of the molecule is C=C.C=C.C=C.C=C.C=C.C=C.C=C.C=C.C=C.CCCCC1C(=O)NN(c2ccccc2)C1=O.CCOCC.OCCO. The minimum atomic E-state index is -0.518. The second kappa shape index (κ2) is 90.2. The minimum Gasteiger partial charge on any atom is -0.394 e. The van der Waals surface area contributed by atoms with Crippen LogP contribution in [0.15, 0.2) is 149 Å². The number of nitrogens with zero attached hydrogens (tertiary/aromatic N) is 1. The summed E-state index contributed by atoms with van der Waals surface area (Å²) in [6.07, 6.45) is 2.51. The summed E-state index contributed by atoms with van der Waals surface area (Å²) in [6, 6.07) is 9.17. The molecule has 1 heterocycles. The van der Waals surface area contributed by atoms with Crippen LogP contribution in [0.3, 0.4) is 0 Å². The van der Waals surface area contributed by atoms with Gasteiger partial charge in [0.05, 0.1) is 18.9 Å². The molecule has 1 saturated heterocycles. The Kier molecular flexibility index (Phi) is 138. The van der Waals surface area contributed by atoms with Crippen LogP contribution < -0.4 is 10.4 Å². The van der Waals surface area contributed by atoms with E-state index in [2.05, 4.69) is 124 Å². The van der Waals surface area contributed by atoms with Gasteiger partial charge in [-0.1, -0.05) is 38.0 Å². The van der Waals surface area contributed by atoms with E-state index in [9.17, 15) is 9.59 Å². The highest BCUT2D eigenvalue weighted by atomic mass is 16.5. The maximum absolute atomic E-state index is 12.1. The summed E-state index contributed by atoms with van der Waals surface area (Å²) in [4.78, 5) is 23.8. The van der Waals surface area contributed by atoms with Crippen molar-refractivity contribution in [1.29, 1.82) is 0 Å². The Balaban J connectivity index is -0.0000000450. The van der Waals surface area contributed by atoms with Crippen molar-refractivity contribution in [2.45, 2.75) is 40.0 Å². The van der Waals surface area contributed by atoms with Crippen molar-refractivity contribution in [3.05, 3.63) is 149 Å². The van der Waals surface area contributed by atoms with Gasteiger partial charge in [0.25, 0.3) is 11.8 Å². The quantitative estimate of drug-likeness (QED) is 0.209. The van der Waals surface area contributed by atoms with E-state index in [1.165, 1.54) is 5.01 Å². The molecule has 1 aromatic rings. The van der Waals surface area contributed by atoms with E-state index in [0.717, 1.165) is 26.1 Å². The van der Waals surface area contributed by atoms with E-state index in [1.54, 1.807) is 12.1 Å². The number of nitrogens with one attached hydrogen (secondary N) is 1. The number of carbonyl (C=O) groups excluding carboxylic acids is 2. The summed E-state index contributed by atoms with van der Waals surface area (Å²) >= 11 is 0. The Labute approximate surface area is 273 Å². The number of amides is 2. The average Bonchev–Trinajstić information content (AvgIpc) is 3.44. The van der Waals surface area contributed by atoms with Crippen LogP contribution in [0.1, 0.15) is 40.0 Å². The number of benzene rings is 1. The molecule has 0 saturated carbocycles. The van der Waals surface area contributed by atoms with Crippen molar-refractivity contribution in [2.75, 3.05) is 31.4 Å². The van der Waals surface area contributed by atoms with Gasteiger partial charge < -0.3 is 14.9 Å². The topological polar surface area (TPSA) is 99.1 Å². The number of carbonyl (C=O) groups is 2. The molecule has 0 aliphatic carbocycles. The molecule has 2 rings (SSSR count). The molecule has 0 spiro atoms. The van der Waals surface area contributed by atoms with E-state index in [0.29, 0.717) is 12.1 Å². The zero-order chi connectivity index (χ0) is 37.8. The van der Waals surface area contributed by atoms with Crippen LogP contribution in [0.25, 0.3) is 0 Å². The predicted molar refractivity (Wildman–Crippen MR) is 203 cm³/mol. The zero-order valence-electron chi connectivity index (χ0n) is 28.7. The van der Waals surface area contributed by atoms with Gasteiger partial charge in [0, 0.05) is 13.2 Å². The molecule has 44 heavy (non-hydrogen) atoms. The average molecular weight is 621 g/mol. The molecule has 7 heteroatoms. The van der Waals surface area contributed by atoms with Crippen molar-refractivity contribution < 1.29 is 24.5 Å². The standard InChI is InChI=1S/C13H16N2O2.C4H10O.C2H6O2.9C2H4/c1-2-3-9-11-12(16)14-15(13(11)17)10-7-5-4-6-8-10;1-3-5-4-2;3-1-2-4;9*1-2/h4-8,11H,2-3,9H2,1H3,(H,14,16);3-4H2,1-2H3;3-4H,1-2H2;9*1-2H2. The van der Waals surface area contributed by atoms with Crippen molar-refractivity contribution in [3.8, 4) is 0 Å². The minimum absolute atomic E-state index is 0.125. The zero-order valence-corrected chi connectivity index (χ0v) is 28.7. The first-order chi connectivity index (χ1) is 21.6. The van der Waals surface area contributed by atoms with Crippen LogP contribution in [0.4, 0.5) is 5.69 Å². The monoisotopic (exact) mass is 621 g/mol. The Bertz CT molecular complexity index is 597. The number of hydrogen-bond acceptors (Lipinski definition) is 5. The summed E-state index contributed by atoms with van der Waals surface area (Å²) in [7, 11) is 0. The highest BCUT2D eigenvalue weighted by molar-refractivity contribution is 6.14. The van der Waals surface area contributed by atoms with E-state index < -0.39 is 5.92 Å². The third-order valence-electron chi connectivity index (χ3n) is 3.43. The third kappa shape index (κ3) is 53.9. The molecule has 0 aromatic heterocycles. The molecule has 0 radical (unpaired) electrons. The van der Waals surface area contributed by atoms with Crippen molar-refractivity contribution in [2.24, 2.45) is 5.92 Å². The van der Waals surface area contributed by atoms with Crippen molar-refractivity contribution in [3.63, 3.8) is 0 Å². The number of hydrogen-bond donors (Lipinski definition) is 3. The highest BCUT2D eigenvalue weighted by Gasteiger charge is 2.39. The van der Waals surface area contributed by atoms with Crippen LogP contribution in [-0.4, -0.2) is 48.5 Å². The molecule has 1 aliphatic heterocycles. The van der Waals surface area contributed by atoms with E-state index in [-0.39, 0.29) is 25.0 Å². The van der Waals surface area contributed by atoms with Crippen LogP contribution >= 0.6 is 0 Å². The summed E-state index contributed by atoms with van der Waals surface area (Å²) in [5, 5.41) is 16.6. The molecule has 2 amide bonds. The van der Waals surface area contributed by atoms with Crippen LogP contribution in [0, 0.1) is 5.92 Å². The lowest BCUT2D eigenvalue weighted by Gasteiger charge is -2.14. The number of rotatable bonds is 7. The van der Waals surface area contributed by atoms with Crippen LogP contribution in [-0.2, 0) is 14.3 Å². The van der Waals surface area contributed by atoms with Crippen molar-refractivity contribution in [1.82, 2.24) is 5.43 Å². The lowest BCUT2D eigenvalue weighted by molar-refractivity contribution is -0.127. The lowest BCUT2D eigenvalue weighted by atomic mass is 10.0. The maximum atomic E-state index is 12.1. The van der Waals surface area contributed by atoms with Gasteiger partial charge in [-0.3, -0.25) is 15.0 Å². The number of para-hydroxylation sites is 1. The first-order valence-electron chi connectivity index (χ1n) is 13.6. The normalized spacial score (nSPS) is 10.0. The fraction of sp³-hybridized carbons (Fsp3) is 0.297. The predicted octanol–water partition coefficient (Wildman–Crippen LogP) is 9.10. The maximum Gasteiger partial charge on any atom is 0.258 e. The van der Waals surface area contributed by atoms with Gasteiger partial charge in [-0.05, 0) is 32.4 Å². The summed E-state index contributed by atoms with van der Waals surface area (Å²) in [5.74, 6) is -0.850. The first kappa shape index (κ1) is 67.4. The smallest absolute Gasteiger partial charge is 0.258 e. The highest BCUT2D eigenvalue weighted by Crippen LogP contribution is 2.22. The molecule has 1 aromatic carbocycles. The summed E-state index contributed by atoms with van der Waals surface area (Å²) < 4.78 is 4.83. The Hall–Kier alpha value is -4.30. The lowest BCUT2D eigenvalue weighted by Crippen LogP contribution is -2.35. The van der Waals surface area contributed by atoms with Gasteiger partial charge in [0.1, 0.15) is 5.92 Å². The Morgan fingerprint density at radius 2 is 1.00 bits per heavy atom. The largest absolute Gasteiger partial charge is 0.394 e. The summed E-state index contributed by atoms with van der Waals surface area (Å²) in [6.45, 7) is 61.5. The number of aliphatic hydroxyl groups is 2. The molecule has 3 N–H and O–H groups in total. The molecular formula is C37H68N2O5. The number of hydrazine groups is 1. The molecule has 0 bridgehead atoms. The van der Waals surface area contributed by atoms with Crippen molar-refractivity contribution >= 4 is 17.5 Å². The van der Waals surface area contributed by atoms with Gasteiger partial charge in [-0.25, -0.2) is 5.01 Å². The number of unbranched alkanes of at least 4 members (excludes halogenated alkanes) is 1. The molecular weight excluding hydrogens is 552 g/mol. The molecule has 1 fully saturated rings. The molecule has 1 atom stereocenters. The number of ether oxygens (including phenoxy) is 1. The summed E-state index contributed by atoms with van der Waals surface area (Å²) in [5.41, 5.74) is 3.34. The Morgan fingerprint density at radius 3 is 1.25 bits per heavy atom. The fourth-order valence-electron chi connectivity index (χ4n) is 2.15. The van der Waals surface area contributed by atoms with Crippen LogP contribution in [0.5, 0.6) is 0 Å². The van der Waals surface area contributed by atoms with E-state index in [4.69, 9.17) is 14.9 Å². The molecule has 7 nitrogen and oxygen atoms in total. The van der Waals surface area contributed by atoms with Gasteiger partial charge in [-0.2, -0.15) is 0 Å². The number of aliphatic hydroxyl groups excluding tert-OH is 2. The molecule has 1 aliphatic rings. The first-order valence-corrected chi connectivity index (χ1v) is 13.6. The van der Waals surface area contributed by atoms with Gasteiger partial charge in [-0.15, -0.1) is 118 Å². The van der Waals surface area contributed by atoms with Gasteiger partial charge in [0.15, 0.2) is 0 Å². The Morgan fingerprint density at radius 1 is 0.659 bits per heavy atom. The number of anilines is 1. The fourth-order valence-corrected chi connectivity index (χ4v) is 2.15. The van der Waals surface area contributed by atoms with E-state index >= 15 is 0 Å². The van der Waals surface area contributed by atoms with Crippen LogP contribution in [0.2, 0.25) is 0 Å². The van der Waals surface area contributed by atoms with Gasteiger partial charge in [0.2, 0.25) is 0 Å².